The molecular weight excluding hydrogens is 312 g/mol. The molecule has 0 unspecified atom stereocenters. The quantitative estimate of drug-likeness (QED) is 0.597. The van der Waals surface area contributed by atoms with Crippen LogP contribution in [-0.4, -0.2) is 23.3 Å². The van der Waals surface area contributed by atoms with Crippen molar-refractivity contribution in [3.63, 3.8) is 0 Å². The summed E-state index contributed by atoms with van der Waals surface area (Å²) < 4.78 is 13.2. The molecule has 5 heteroatoms. The molecule has 4 nitrogen and oxygen atoms in total. The number of aromatic nitrogens is 2. The van der Waals surface area contributed by atoms with E-state index in [4.69, 9.17) is 9.47 Å². The lowest BCUT2D eigenvalue weighted by Gasteiger charge is -2.10. The van der Waals surface area contributed by atoms with Gasteiger partial charge in [-0.3, -0.25) is 0 Å². The molecular formula is C18H20ClN2O2-. The Morgan fingerprint density at radius 1 is 1.00 bits per heavy atom. The standard InChI is InChI=1S/C18H20N2O2.ClH/c1-21-14-18-19-16-10-5-6-11-17(16)20(18)12-7-13-22-15-8-3-2-4-9-15;/h2-6,8-11H,7,12-14H2,1H3;1H/p-1. The number of para-hydroxylation sites is 3. The molecule has 0 aliphatic carbocycles. The Morgan fingerprint density at radius 2 is 1.74 bits per heavy atom. The van der Waals surface area contributed by atoms with Gasteiger partial charge in [-0.15, -0.1) is 0 Å². The first-order chi connectivity index (χ1) is 10.9. The van der Waals surface area contributed by atoms with Crippen LogP contribution in [0.3, 0.4) is 0 Å². The summed E-state index contributed by atoms with van der Waals surface area (Å²) >= 11 is 0. The van der Waals surface area contributed by atoms with Gasteiger partial charge >= 0.3 is 0 Å². The van der Waals surface area contributed by atoms with Gasteiger partial charge in [-0.25, -0.2) is 4.98 Å². The van der Waals surface area contributed by atoms with Crippen LogP contribution in [0.4, 0.5) is 0 Å². The van der Waals surface area contributed by atoms with Crippen molar-refractivity contribution in [3.8, 4) is 5.75 Å². The third-order valence-electron chi connectivity index (χ3n) is 3.55. The lowest BCUT2D eigenvalue weighted by atomic mass is 10.3. The number of ether oxygens (including phenoxy) is 2. The van der Waals surface area contributed by atoms with Crippen molar-refractivity contribution in [2.45, 2.75) is 19.6 Å². The second-order valence-corrected chi connectivity index (χ2v) is 5.12. The van der Waals surface area contributed by atoms with Crippen LogP contribution < -0.4 is 17.1 Å². The number of hydrogen-bond acceptors (Lipinski definition) is 3. The third-order valence-corrected chi connectivity index (χ3v) is 3.55. The first-order valence-electron chi connectivity index (χ1n) is 7.49. The number of nitrogens with zero attached hydrogens (tertiary/aromatic N) is 2. The molecule has 0 spiro atoms. The molecule has 0 saturated carbocycles. The molecule has 0 saturated heterocycles. The molecule has 0 amide bonds. The molecule has 1 aromatic heterocycles. The molecule has 2 aromatic carbocycles. The van der Waals surface area contributed by atoms with Crippen LogP contribution in [0.2, 0.25) is 0 Å². The van der Waals surface area contributed by atoms with Gasteiger partial charge in [-0.1, -0.05) is 30.3 Å². The first kappa shape index (κ1) is 17.3. The third kappa shape index (κ3) is 4.24. The maximum atomic E-state index is 5.75. The van der Waals surface area contributed by atoms with E-state index >= 15 is 0 Å². The minimum Gasteiger partial charge on any atom is -1.00 e. The summed E-state index contributed by atoms with van der Waals surface area (Å²) in [6.45, 7) is 2.07. The Balaban J connectivity index is 0.00000192. The Labute approximate surface area is 142 Å². The van der Waals surface area contributed by atoms with Crippen LogP contribution in [0.1, 0.15) is 12.2 Å². The maximum absolute atomic E-state index is 5.75. The van der Waals surface area contributed by atoms with Crippen LogP contribution in [-0.2, 0) is 17.9 Å². The summed E-state index contributed by atoms with van der Waals surface area (Å²) in [7, 11) is 1.70. The van der Waals surface area contributed by atoms with Gasteiger partial charge in [0.25, 0.3) is 0 Å². The van der Waals surface area contributed by atoms with Crippen LogP contribution in [0.15, 0.2) is 54.6 Å². The highest BCUT2D eigenvalue weighted by Gasteiger charge is 2.09. The van der Waals surface area contributed by atoms with E-state index in [1.54, 1.807) is 7.11 Å². The summed E-state index contributed by atoms with van der Waals surface area (Å²) in [4.78, 5) is 4.64. The second-order valence-electron chi connectivity index (χ2n) is 5.12. The molecule has 0 N–H and O–H groups in total. The van der Waals surface area contributed by atoms with Crippen LogP contribution in [0, 0.1) is 0 Å². The number of methoxy groups -OCH3 is 1. The number of fused-ring (bicyclic) bond motifs is 1. The second kappa shape index (κ2) is 8.56. The van der Waals surface area contributed by atoms with Gasteiger partial charge in [0.15, 0.2) is 0 Å². The van der Waals surface area contributed by atoms with Gasteiger partial charge in [0, 0.05) is 13.7 Å². The number of rotatable bonds is 7. The highest BCUT2D eigenvalue weighted by Crippen LogP contribution is 2.17. The molecule has 0 fully saturated rings. The van der Waals surface area contributed by atoms with Crippen molar-refractivity contribution >= 4 is 11.0 Å². The van der Waals surface area contributed by atoms with Crippen molar-refractivity contribution in [2.75, 3.05) is 13.7 Å². The van der Waals surface area contributed by atoms with E-state index in [1.807, 2.05) is 48.5 Å². The van der Waals surface area contributed by atoms with Gasteiger partial charge in [0.05, 0.1) is 17.6 Å². The zero-order valence-electron chi connectivity index (χ0n) is 13.1. The molecule has 3 rings (SSSR count). The normalized spacial score (nSPS) is 10.5. The van der Waals surface area contributed by atoms with Gasteiger partial charge in [0.2, 0.25) is 0 Å². The van der Waals surface area contributed by atoms with E-state index in [9.17, 15) is 0 Å². The number of halogens is 1. The van der Waals surface area contributed by atoms with Crippen LogP contribution >= 0.6 is 0 Å². The smallest absolute Gasteiger partial charge is 0.135 e. The minimum atomic E-state index is 0. The fraction of sp³-hybridized carbons (Fsp3) is 0.278. The Kier molecular flexibility index (Phi) is 6.44. The van der Waals surface area contributed by atoms with E-state index < -0.39 is 0 Å². The predicted molar refractivity (Wildman–Crippen MR) is 87.0 cm³/mol. The Morgan fingerprint density at radius 3 is 2.52 bits per heavy atom. The fourth-order valence-electron chi connectivity index (χ4n) is 2.54. The number of hydrogen-bond donors (Lipinski definition) is 0. The van der Waals surface area contributed by atoms with Crippen molar-refractivity contribution < 1.29 is 21.9 Å². The molecule has 23 heavy (non-hydrogen) atoms. The van der Waals surface area contributed by atoms with Crippen molar-refractivity contribution in [1.29, 1.82) is 0 Å². The average Bonchev–Trinajstić information content (AvgIpc) is 2.90. The number of aryl methyl sites for hydroxylation is 1. The fourth-order valence-corrected chi connectivity index (χ4v) is 2.54. The van der Waals surface area contributed by atoms with Crippen molar-refractivity contribution in [3.05, 3.63) is 60.4 Å². The van der Waals surface area contributed by atoms with E-state index in [-0.39, 0.29) is 12.4 Å². The van der Waals surface area contributed by atoms with Gasteiger partial charge in [0.1, 0.15) is 18.2 Å². The molecule has 0 aliphatic rings. The lowest BCUT2D eigenvalue weighted by molar-refractivity contribution is -0.00000526. The summed E-state index contributed by atoms with van der Waals surface area (Å²) in [5.74, 6) is 1.87. The van der Waals surface area contributed by atoms with Crippen LogP contribution in [0.25, 0.3) is 11.0 Å². The highest BCUT2D eigenvalue weighted by atomic mass is 35.5. The predicted octanol–water partition coefficient (Wildman–Crippen LogP) is 0.656. The van der Waals surface area contributed by atoms with Crippen molar-refractivity contribution in [2.24, 2.45) is 0 Å². The molecule has 3 aromatic rings. The summed E-state index contributed by atoms with van der Waals surface area (Å²) in [6.07, 6.45) is 0.923. The molecule has 122 valence electrons. The van der Waals surface area contributed by atoms with E-state index in [1.165, 1.54) is 0 Å². The van der Waals surface area contributed by atoms with Crippen molar-refractivity contribution in [1.82, 2.24) is 9.55 Å². The van der Waals surface area contributed by atoms with Gasteiger partial charge < -0.3 is 26.4 Å². The Hall–Kier alpha value is -2.04. The molecule has 0 radical (unpaired) electrons. The molecule has 0 atom stereocenters. The molecule has 0 aliphatic heterocycles. The topological polar surface area (TPSA) is 36.3 Å². The van der Waals surface area contributed by atoms with E-state index in [2.05, 4.69) is 15.6 Å². The summed E-state index contributed by atoms with van der Waals surface area (Å²) in [6, 6.07) is 18.1. The van der Waals surface area contributed by atoms with Gasteiger partial charge in [-0.05, 0) is 30.7 Å². The molecule has 1 heterocycles. The monoisotopic (exact) mass is 331 g/mol. The SMILES string of the molecule is COCc1nc2ccccc2n1CCCOc1ccccc1.[Cl-]. The number of imidazole rings is 1. The van der Waals surface area contributed by atoms with Crippen LogP contribution in [0.5, 0.6) is 5.75 Å². The maximum Gasteiger partial charge on any atom is 0.135 e. The number of benzene rings is 2. The Bertz CT molecular complexity index is 728. The molecule has 0 bridgehead atoms. The highest BCUT2D eigenvalue weighted by molar-refractivity contribution is 5.75. The minimum absolute atomic E-state index is 0. The lowest BCUT2D eigenvalue weighted by Crippen LogP contribution is -3.00. The zero-order valence-corrected chi connectivity index (χ0v) is 13.9. The van der Waals surface area contributed by atoms with Gasteiger partial charge in [-0.2, -0.15) is 0 Å². The zero-order chi connectivity index (χ0) is 15.2. The summed E-state index contributed by atoms with van der Waals surface area (Å²) in [5, 5.41) is 0. The largest absolute Gasteiger partial charge is 1.00 e. The van der Waals surface area contributed by atoms with E-state index in [0.717, 1.165) is 35.6 Å². The summed E-state index contributed by atoms with van der Waals surface area (Å²) in [5.41, 5.74) is 2.16. The van der Waals surface area contributed by atoms with E-state index in [0.29, 0.717) is 13.2 Å². The average molecular weight is 332 g/mol. The first-order valence-corrected chi connectivity index (χ1v) is 7.49.